The molecular formula is C16H26O5. The van der Waals surface area contributed by atoms with Crippen molar-refractivity contribution in [2.24, 2.45) is 0 Å². The van der Waals surface area contributed by atoms with Gasteiger partial charge in [0.05, 0.1) is 13.2 Å². The van der Waals surface area contributed by atoms with Crippen LogP contribution in [0.25, 0.3) is 0 Å². The van der Waals surface area contributed by atoms with E-state index < -0.39 is 11.6 Å². The highest BCUT2D eigenvalue weighted by atomic mass is 16.8. The number of ether oxygens (including phenoxy) is 5. The Bertz CT molecular complexity index is 390. The third-order valence-corrected chi connectivity index (χ3v) is 3.52. The predicted octanol–water partition coefficient (Wildman–Crippen LogP) is 2.42. The lowest BCUT2D eigenvalue weighted by Crippen LogP contribution is -2.46. The van der Waals surface area contributed by atoms with Crippen LogP contribution in [0.3, 0.4) is 0 Å². The van der Waals surface area contributed by atoms with Crippen LogP contribution in [-0.4, -0.2) is 49.2 Å². The molecule has 0 radical (unpaired) electrons. The Morgan fingerprint density at radius 1 is 1.14 bits per heavy atom. The molecule has 2 heterocycles. The Morgan fingerprint density at radius 3 is 2.38 bits per heavy atom. The summed E-state index contributed by atoms with van der Waals surface area (Å²) in [6.07, 6.45) is 2.38. The molecule has 2 fully saturated rings. The van der Waals surface area contributed by atoms with Crippen molar-refractivity contribution in [3.63, 3.8) is 0 Å². The maximum atomic E-state index is 6.00. The van der Waals surface area contributed by atoms with Crippen LogP contribution in [0.1, 0.15) is 27.7 Å². The summed E-state index contributed by atoms with van der Waals surface area (Å²) in [5, 5.41) is 0. The summed E-state index contributed by atoms with van der Waals surface area (Å²) in [4.78, 5) is 0. The first-order chi connectivity index (χ1) is 9.78. The summed E-state index contributed by atoms with van der Waals surface area (Å²) in [7, 11) is 0. The molecule has 4 atom stereocenters. The Hall–Kier alpha value is -0.720. The van der Waals surface area contributed by atoms with Gasteiger partial charge in [0.15, 0.2) is 11.6 Å². The molecule has 2 aliphatic rings. The Labute approximate surface area is 126 Å². The maximum absolute atomic E-state index is 6.00. The summed E-state index contributed by atoms with van der Waals surface area (Å²) in [6, 6.07) is 0. The van der Waals surface area contributed by atoms with Crippen LogP contribution in [0, 0.1) is 0 Å². The molecule has 2 rings (SSSR count). The lowest BCUT2D eigenvalue weighted by atomic mass is 10.0. The van der Waals surface area contributed by atoms with Gasteiger partial charge < -0.3 is 23.7 Å². The second-order valence-corrected chi connectivity index (χ2v) is 6.25. The molecule has 0 bridgehead atoms. The van der Waals surface area contributed by atoms with Gasteiger partial charge in [0.25, 0.3) is 0 Å². The summed E-state index contributed by atoms with van der Waals surface area (Å²) in [6.45, 7) is 15.9. The van der Waals surface area contributed by atoms with Gasteiger partial charge in [-0.05, 0) is 27.7 Å². The molecular weight excluding hydrogens is 272 g/mol. The standard InChI is InChI=1S/C16H26O5/c1-7-9-17-13(12-10-18-15(3,4)20-12)14-11(8-2)19-16(5,6)21-14/h7-8,11-14H,1-2,9-10H2,3-6H3/t11-,12-,13-,14-/m1/s1. The average Bonchev–Trinajstić information content (AvgIpc) is 2.90. The molecule has 5 nitrogen and oxygen atoms in total. The Morgan fingerprint density at radius 2 is 1.86 bits per heavy atom. The van der Waals surface area contributed by atoms with Gasteiger partial charge in [-0.25, -0.2) is 0 Å². The molecule has 0 unspecified atom stereocenters. The predicted molar refractivity (Wildman–Crippen MR) is 78.9 cm³/mol. The van der Waals surface area contributed by atoms with Crippen molar-refractivity contribution >= 4 is 0 Å². The van der Waals surface area contributed by atoms with Gasteiger partial charge in [0.2, 0.25) is 0 Å². The minimum absolute atomic E-state index is 0.218. The van der Waals surface area contributed by atoms with Crippen molar-refractivity contribution in [1.29, 1.82) is 0 Å². The van der Waals surface area contributed by atoms with Gasteiger partial charge in [-0.3, -0.25) is 0 Å². The fraction of sp³-hybridized carbons (Fsp3) is 0.750. The Balaban J connectivity index is 2.15. The molecule has 0 aliphatic carbocycles. The van der Waals surface area contributed by atoms with E-state index in [2.05, 4.69) is 13.2 Å². The highest BCUT2D eigenvalue weighted by molar-refractivity contribution is 5.00. The van der Waals surface area contributed by atoms with E-state index in [1.54, 1.807) is 12.2 Å². The van der Waals surface area contributed by atoms with Gasteiger partial charge in [0.1, 0.15) is 24.4 Å². The zero-order chi connectivity index (χ0) is 15.7. The number of hydrogen-bond donors (Lipinski definition) is 0. The van der Waals surface area contributed by atoms with Crippen molar-refractivity contribution in [2.75, 3.05) is 13.2 Å². The number of rotatable bonds is 6. The molecule has 2 saturated heterocycles. The van der Waals surface area contributed by atoms with Crippen molar-refractivity contribution < 1.29 is 23.7 Å². The average molecular weight is 298 g/mol. The lowest BCUT2D eigenvalue weighted by molar-refractivity contribution is -0.186. The molecule has 0 N–H and O–H groups in total. The van der Waals surface area contributed by atoms with Crippen LogP contribution < -0.4 is 0 Å². The van der Waals surface area contributed by atoms with Crippen LogP contribution in [0.5, 0.6) is 0 Å². The Kier molecular flexibility index (Phi) is 4.90. The molecule has 0 spiro atoms. The summed E-state index contributed by atoms with van der Waals surface area (Å²) in [5.41, 5.74) is 0. The summed E-state index contributed by atoms with van der Waals surface area (Å²) >= 11 is 0. The zero-order valence-electron chi connectivity index (χ0n) is 13.3. The smallest absolute Gasteiger partial charge is 0.164 e. The second kappa shape index (κ2) is 6.18. The van der Waals surface area contributed by atoms with Crippen LogP contribution in [0.4, 0.5) is 0 Å². The maximum Gasteiger partial charge on any atom is 0.164 e. The van der Waals surface area contributed by atoms with Crippen LogP contribution in [-0.2, 0) is 23.7 Å². The summed E-state index contributed by atoms with van der Waals surface area (Å²) < 4.78 is 29.3. The topological polar surface area (TPSA) is 46.2 Å². The molecule has 0 aromatic rings. The van der Waals surface area contributed by atoms with E-state index in [9.17, 15) is 0 Å². The normalized spacial score (nSPS) is 35.5. The van der Waals surface area contributed by atoms with Gasteiger partial charge in [-0.15, -0.1) is 13.2 Å². The van der Waals surface area contributed by atoms with E-state index in [0.29, 0.717) is 13.2 Å². The minimum atomic E-state index is -0.672. The van der Waals surface area contributed by atoms with Crippen LogP contribution >= 0.6 is 0 Å². The molecule has 2 aliphatic heterocycles. The van der Waals surface area contributed by atoms with Crippen LogP contribution in [0.15, 0.2) is 25.3 Å². The molecule has 0 saturated carbocycles. The monoisotopic (exact) mass is 298 g/mol. The SMILES string of the molecule is C=CCO[C@@H]([C@@H]1OC(C)(C)O[C@@H]1C=C)[C@H]1COC(C)(C)O1. The van der Waals surface area contributed by atoms with Crippen molar-refractivity contribution in [1.82, 2.24) is 0 Å². The first-order valence-electron chi connectivity index (χ1n) is 7.30. The fourth-order valence-electron chi connectivity index (χ4n) is 2.72. The van der Waals surface area contributed by atoms with E-state index in [0.717, 1.165) is 0 Å². The van der Waals surface area contributed by atoms with Gasteiger partial charge >= 0.3 is 0 Å². The third-order valence-electron chi connectivity index (χ3n) is 3.52. The van der Waals surface area contributed by atoms with Crippen molar-refractivity contribution in [2.45, 2.75) is 63.7 Å². The third kappa shape index (κ3) is 3.93. The second-order valence-electron chi connectivity index (χ2n) is 6.25. The molecule has 21 heavy (non-hydrogen) atoms. The van der Waals surface area contributed by atoms with E-state index in [4.69, 9.17) is 23.7 Å². The zero-order valence-corrected chi connectivity index (χ0v) is 13.3. The highest BCUT2D eigenvalue weighted by Gasteiger charge is 2.49. The quantitative estimate of drug-likeness (QED) is 0.705. The molecule has 0 aromatic carbocycles. The first-order valence-corrected chi connectivity index (χ1v) is 7.30. The van der Waals surface area contributed by atoms with Gasteiger partial charge in [-0.1, -0.05) is 12.2 Å². The van der Waals surface area contributed by atoms with Gasteiger partial charge in [0, 0.05) is 0 Å². The minimum Gasteiger partial charge on any atom is -0.369 e. The molecule has 120 valence electrons. The van der Waals surface area contributed by atoms with E-state index in [1.807, 2.05) is 27.7 Å². The largest absolute Gasteiger partial charge is 0.369 e. The van der Waals surface area contributed by atoms with Crippen molar-refractivity contribution in [3.05, 3.63) is 25.3 Å². The highest BCUT2D eigenvalue weighted by Crippen LogP contribution is 2.35. The molecule has 0 amide bonds. The molecule has 0 aromatic heterocycles. The first kappa shape index (κ1) is 16.6. The number of hydrogen-bond acceptors (Lipinski definition) is 5. The van der Waals surface area contributed by atoms with Crippen molar-refractivity contribution in [3.8, 4) is 0 Å². The van der Waals surface area contributed by atoms with E-state index in [-0.39, 0.29) is 24.4 Å². The van der Waals surface area contributed by atoms with E-state index in [1.165, 1.54) is 0 Å². The molecule has 5 heteroatoms. The lowest BCUT2D eigenvalue weighted by Gasteiger charge is -2.30. The van der Waals surface area contributed by atoms with Gasteiger partial charge in [-0.2, -0.15) is 0 Å². The summed E-state index contributed by atoms with van der Waals surface area (Å²) in [5.74, 6) is -1.28. The van der Waals surface area contributed by atoms with E-state index >= 15 is 0 Å². The fourth-order valence-corrected chi connectivity index (χ4v) is 2.72. The van der Waals surface area contributed by atoms with Crippen LogP contribution in [0.2, 0.25) is 0 Å².